The van der Waals surface area contributed by atoms with Crippen molar-refractivity contribution in [1.29, 1.82) is 0 Å². The number of hydrogen-bond donors (Lipinski definition) is 1. The third kappa shape index (κ3) is 2.79. The van der Waals surface area contributed by atoms with E-state index in [0.29, 0.717) is 5.82 Å². The van der Waals surface area contributed by atoms with Gasteiger partial charge in [0.1, 0.15) is 5.82 Å². The molecule has 0 amide bonds. The zero-order chi connectivity index (χ0) is 14.7. The first kappa shape index (κ1) is 13.0. The van der Waals surface area contributed by atoms with Crippen LogP contribution in [0.2, 0.25) is 0 Å². The number of carbonyl (C=O) groups is 1. The summed E-state index contributed by atoms with van der Waals surface area (Å²) in [4.78, 5) is 23.9. The van der Waals surface area contributed by atoms with E-state index in [1.165, 1.54) is 19.5 Å². The molecule has 0 spiro atoms. The molecule has 0 bridgehead atoms. The van der Waals surface area contributed by atoms with Gasteiger partial charge >= 0.3 is 5.97 Å². The highest BCUT2D eigenvalue weighted by atomic mass is 16.5. The van der Waals surface area contributed by atoms with Crippen LogP contribution in [0, 0.1) is 0 Å². The molecule has 6 heteroatoms. The minimum atomic E-state index is -0.525. The zero-order valence-corrected chi connectivity index (χ0v) is 11.3. The number of ether oxygens (including phenoxy) is 1. The molecule has 0 aliphatic heterocycles. The van der Waals surface area contributed by atoms with E-state index in [2.05, 4.69) is 25.0 Å². The highest BCUT2D eigenvalue weighted by Crippen LogP contribution is 2.19. The Kier molecular flexibility index (Phi) is 3.42. The van der Waals surface area contributed by atoms with Crippen molar-refractivity contribution in [1.82, 2.24) is 15.0 Å². The summed E-state index contributed by atoms with van der Waals surface area (Å²) >= 11 is 0. The molecular weight excluding hydrogens is 268 g/mol. The van der Waals surface area contributed by atoms with Crippen molar-refractivity contribution in [2.45, 2.75) is 0 Å². The molecule has 0 fully saturated rings. The van der Waals surface area contributed by atoms with Crippen LogP contribution in [0.15, 0.2) is 48.9 Å². The zero-order valence-electron chi connectivity index (χ0n) is 11.3. The maximum Gasteiger partial charge on any atom is 0.358 e. The summed E-state index contributed by atoms with van der Waals surface area (Å²) in [7, 11) is 1.30. The molecule has 0 saturated heterocycles. The van der Waals surface area contributed by atoms with Gasteiger partial charge in [0.25, 0.3) is 0 Å². The van der Waals surface area contributed by atoms with E-state index < -0.39 is 5.97 Å². The van der Waals surface area contributed by atoms with E-state index in [1.54, 1.807) is 6.20 Å². The summed E-state index contributed by atoms with van der Waals surface area (Å²) in [5.74, 6) is -0.0715. The minimum absolute atomic E-state index is 0.149. The number of nitrogens with zero attached hydrogens (tertiary/aromatic N) is 3. The predicted octanol–water partition coefficient (Wildman–Crippen LogP) is 2.56. The lowest BCUT2D eigenvalue weighted by Crippen LogP contribution is -2.06. The Morgan fingerprint density at radius 3 is 2.90 bits per heavy atom. The Morgan fingerprint density at radius 2 is 2.05 bits per heavy atom. The number of fused-ring (bicyclic) bond motifs is 1. The number of rotatable bonds is 3. The normalized spacial score (nSPS) is 10.3. The van der Waals surface area contributed by atoms with Crippen LogP contribution in [0.3, 0.4) is 0 Å². The number of pyridine rings is 1. The standard InChI is InChI=1S/C15H12N4O2/c1-21-15(20)13-8-16-9-14(19-13)18-11-6-10-4-2-3-5-12(10)17-7-11/h2-9H,1H3,(H,18,19). The molecule has 0 aliphatic carbocycles. The Hall–Kier alpha value is -3.02. The number of anilines is 2. The largest absolute Gasteiger partial charge is 0.464 e. The van der Waals surface area contributed by atoms with Gasteiger partial charge in [0.2, 0.25) is 0 Å². The predicted molar refractivity (Wildman–Crippen MR) is 78.4 cm³/mol. The van der Waals surface area contributed by atoms with E-state index in [1.807, 2.05) is 30.3 Å². The highest BCUT2D eigenvalue weighted by Gasteiger charge is 2.08. The fourth-order valence-corrected chi connectivity index (χ4v) is 1.92. The Labute approximate surface area is 120 Å². The molecule has 1 N–H and O–H groups in total. The molecular formula is C15H12N4O2. The second-order valence-electron chi connectivity index (χ2n) is 4.32. The van der Waals surface area contributed by atoms with Gasteiger partial charge in [0.05, 0.1) is 36.9 Å². The maximum absolute atomic E-state index is 11.4. The molecule has 1 aromatic carbocycles. The Morgan fingerprint density at radius 1 is 1.19 bits per heavy atom. The fraction of sp³-hybridized carbons (Fsp3) is 0.0667. The van der Waals surface area contributed by atoms with Crippen molar-refractivity contribution in [2.75, 3.05) is 12.4 Å². The van der Waals surface area contributed by atoms with Gasteiger partial charge in [0, 0.05) is 5.39 Å². The summed E-state index contributed by atoms with van der Waals surface area (Å²) in [5, 5.41) is 4.09. The van der Waals surface area contributed by atoms with Crippen molar-refractivity contribution >= 4 is 28.4 Å². The van der Waals surface area contributed by atoms with E-state index in [0.717, 1.165) is 16.6 Å². The van der Waals surface area contributed by atoms with Crippen LogP contribution in [-0.2, 0) is 4.74 Å². The number of nitrogens with one attached hydrogen (secondary N) is 1. The number of hydrogen-bond acceptors (Lipinski definition) is 6. The second kappa shape index (κ2) is 5.54. The molecule has 0 unspecified atom stereocenters. The number of esters is 1. The van der Waals surface area contributed by atoms with Gasteiger partial charge < -0.3 is 10.1 Å². The second-order valence-corrected chi connectivity index (χ2v) is 4.32. The summed E-state index contributed by atoms with van der Waals surface area (Å²) < 4.78 is 4.62. The topological polar surface area (TPSA) is 77.0 Å². The average Bonchev–Trinajstić information content (AvgIpc) is 2.54. The van der Waals surface area contributed by atoms with E-state index in [4.69, 9.17) is 0 Å². The molecule has 21 heavy (non-hydrogen) atoms. The quantitative estimate of drug-likeness (QED) is 0.743. The Bertz CT molecular complexity index is 804. The van der Waals surface area contributed by atoms with Gasteiger partial charge in [-0.1, -0.05) is 18.2 Å². The minimum Gasteiger partial charge on any atom is -0.464 e. The van der Waals surface area contributed by atoms with Crippen molar-refractivity contribution < 1.29 is 9.53 Å². The molecule has 0 aliphatic rings. The van der Waals surface area contributed by atoms with Crippen LogP contribution >= 0.6 is 0 Å². The lowest BCUT2D eigenvalue weighted by Gasteiger charge is -2.07. The average molecular weight is 280 g/mol. The highest BCUT2D eigenvalue weighted by molar-refractivity contribution is 5.87. The van der Waals surface area contributed by atoms with Crippen molar-refractivity contribution in [2.24, 2.45) is 0 Å². The van der Waals surface area contributed by atoms with Crippen LogP contribution in [0.1, 0.15) is 10.5 Å². The third-order valence-corrected chi connectivity index (χ3v) is 2.89. The first-order valence-corrected chi connectivity index (χ1v) is 6.28. The molecule has 2 aromatic heterocycles. The van der Waals surface area contributed by atoms with Gasteiger partial charge in [-0.3, -0.25) is 9.97 Å². The van der Waals surface area contributed by atoms with Crippen molar-refractivity contribution in [3.8, 4) is 0 Å². The van der Waals surface area contributed by atoms with Gasteiger partial charge in [-0.25, -0.2) is 9.78 Å². The number of para-hydroxylation sites is 1. The summed E-state index contributed by atoms with van der Waals surface area (Å²) in [5.41, 5.74) is 1.83. The van der Waals surface area contributed by atoms with E-state index >= 15 is 0 Å². The number of methoxy groups -OCH3 is 1. The van der Waals surface area contributed by atoms with Gasteiger partial charge in [-0.2, -0.15) is 0 Å². The number of aromatic nitrogens is 3. The van der Waals surface area contributed by atoms with Gasteiger partial charge in [0.15, 0.2) is 5.69 Å². The monoisotopic (exact) mass is 280 g/mol. The molecule has 0 saturated carbocycles. The van der Waals surface area contributed by atoms with Gasteiger partial charge in [-0.15, -0.1) is 0 Å². The van der Waals surface area contributed by atoms with Gasteiger partial charge in [-0.05, 0) is 12.1 Å². The smallest absolute Gasteiger partial charge is 0.358 e. The lowest BCUT2D eigenvalue weighted by molar-refractivity contribution is 0.0593. The third-order valence-electron chi connectivity index (χ3n) is 2.89. The molecule has 3 rings (SSSR count). The van der Waals surface area contributed by atoms with E-state index in [9.17, 15) is 4.79 Å². The van der Waals surface area contributed by atoms with Crippen LogP contribution in [0.5, 0.6) is 0 Å². The SMILES string of the molecule is COC(=O)c1cncc(Nc2cnc3ccccc3c2)n1. The molecule has 3 aromatic rings. The molecule has 0 atom stereocenters. The van der Waals surface area contributed by atoms with Crippen LogP contribution in [-0.4, -0.2) is 28.0 Å². The molecule has 104 valence electrons. The fourth-order valence-electron chi connectivity index (χ4n) is 1.92. The van der Waals surface area contributed by atoms with Crippen LogP contribution < -0.4 is 5.32 Å². The van der Waals surface area contributed by atoms with Crippen LogP contribution in [0.25, 0.3) is 10.9 Å². The summed E-state index contributed by atoms with van der Waals surface area (Å²) in [6, 6.07) is 9.76. The first-order valence-electron chi connectivity index (χ1n) is 6.28. The number of carbonyl (C=O) groups excluding carboxylic acids is 1. The summed E-state index contributed by atoms with van der Waals surface area (Å²) in [6.07, 6.45) is 4.59. The summed E-state index contributed by atoms with van der Waals surface area (Å²) in [6.45, 7) is 0. The van der Waals surface area contributed by atoms with Crippen molar-refractivity contribution in [3.05, 3.63) is 54.6 Å². The maximum atomic E-state index is 11.4. The first-order chi connectivity index (χ1) is 10.3. The number of benzene rings is 1. The molecule has 0 radical (unpaired) electrons. The lowest BCUT2D eigenvalue weighted by atomic mass is 10.2. The van der Waals surface area contributed by atoms with Crippen LogP contribution in [0.4, 0.5) is 11.5 Å². The molecule has 6 nitrogen and oxygen atoms in total. The Balaban J connectivity index is 1.89. The van der Waals surface area contributed by atoms with Crippen molar-refractivity contribution in [3.63, 3.8) is 0 Å². The molecule has 2 heterocycles. The van der Waals surface area contributed by atoms with E-state index in [-0.39, 0.29) is 5.69 Å².